The Morgan fingerprint density at radius 1 is 1.21 bits per heavy atom. The lowest BCUT2D eigenvalue weighted by molar-refractivity contribution is -0.147. The Bertz CT molecular complexity index is 1210. The standard InChI is InChI=1S/C22H20B2ClF2N3O4/c23-14-8-10(18(24)29-21(34)22(26,27)12-1-3-13(25)4-2-12)7-11-9-30(20(33)17(11)14)15-5-6-16(31)28-19(15)32/h1-4,7-8,15,18H,5-6,9,23-24H2,(H,29,34)(H,28,31,32). The lowest BCUT2D eigenvalue weighted by Crippen LogP contribution is -2.52. The number of piperidine rings is 1. The molecule has 34 heavy (non-hydrogen) atoms. The van der Waals surface area contributed by atoms with Gasteiger partial charge in [-0.3, -0.25) is 24.5 Å². The SMILES string of the molecule is Bc1cc(C(B)NC(=O)C(F)(F)c2ccc(Cl)cc2)cc2c1C(=O)N(C1CCC(=O)NC1=O)C2. The number of hydrogen-bond donors (Lipinski definition) is 2. The summed E-state index contributed by atoms with van der Waals surface area (Å²) in [5, 5.41) is 4.88. The van der Waals surface area contributed by atoms with E-state index in [1.54, 1.807) is 27.8 Å². The maximum absolute atomic E-state index is 14.7. The van der Waals surface area contributed by atoms with E-state index in [1.165, 1.54) is 17.0 Å². The summed E-state index contributed by atoms with van der Waals surface area (Å²) in [6, 6.07) is 7.36. The molecule has 2 aliphatic rings. The Morgan fingerprint density at radius 3 is 2.53 bits per heavy atom. The smallest absolute Gasteiger partial charge is 0.349 e. The molecule has 0 bridgehead atoms. The molecular weight excluding hydrogens is 465 g/mol. The van der Waals surface area contributed by atoms with Crippen molar-refractivity contribution in [2.75, 3.05) is 0 Å². The van der Waals surface area contributed by atoms with Crippen molar-refractivity contribution in [3.63, 3.8) is 0 Å². The molecule has 4 rings (SSSR count). The second kappa shape index (κ2) is 8.87. The number of hydrogen-bond acceptors (Lipinski definition) is 4. The van der Waals surface area contributed by atoms with Crippen LogP contribution >= 0.6 is 11.6 Å². The second-order valence-corrected chi connectivity index (χ2v) is 8.98. The third-order valence-electron chi connectivity index (χ3n) is 6.18. The minimum Gasteiger partial charge on any atom is -0.352 e. The first-order valence-corrected chi connectivity index (χ1v) is 11.1. The molecule has 0 aliphatic carbocycles. The molecule has 7 nitrogen and oxygen atoms in total. The van der Waals surface area contributed by atoms with Crippen LogP contribution in [0.25, 0.3) is 0 Å². The average molecular weight is 485 g/mol. The van der Waals surface area contributed by atoms with Gasteiger partial charge in [0.1, 0.15) is 21.7 Å². The van der Waals surface area contributed by atoms with Gasteiger partial charge >= 0.3 is 5.92 Å². The fraction of sp³-hybridized carbons (Fsp3) is 0.273. The van der Waals surface area contributed by atoms with Gasteiger partial charge in [-0.05, 0) is 29.7 Å². The zero-order valence-electron chi connectivity index (χ0n) is 18.5. The van der Waals surface area contributed by atoms with E-state index in [2.05, 4.69) is 10.6 Å². The van der Waals surface area contributed by atoms with Crippen LogP contribution in [-0.4, -0.2) is 50.3 Å². The van der Waals surface area contributed by atoms with Gasteiger partial charge in [0, 0.05) is 35.1 Å². The third kappa shape index (κ3) is 4.32. The normalized spacial score (nSPS) is 19.0. The Kier molecular flexibility index (Phi) is 6.24. The van der Waals surface area contributed by atoms with Crippen LogP contribution in [0, 0.1) is 0 Å². The highest BCUT2D eigenvalue weighted by Crippen LogP contribution is 2.31. The van der Waals surface area contributed by atoms with Crippen LogP contribution < -0.4 is 16.1 Å². The summed E-state index contributed by atoms with van der Waals surface area (Å²) in [5.74, 6) is -7.19. The fourth-order valence-electron chi connectivity index (χ4n) is 4.36. The Labute approximate surface area is 201 Å². The van der Waals surface area contributed by atoms with E-state index in [0.29, 0.717) is 22.2 Å². The molecule has 2 unspecified atom stereocenters. The summed E-state index contributed by atoms with van der Waals surface area (Å²) in [4.78, 5) is 50.5. The van der Waals surface area contributed by atoms with Crippen molar-refractivity contribution in [2.45, 2.75) is 37.3 Å². The van der Waals surface area contributed by atoms with E-state index in [9.17, 15) is 28.0 Å². The number of carbonyl (C=O) groups is 4. The van der Waals surface area contributed by atoms with Crippen LogP contribution in [0.3, 0.4) is 0 Å². The van der Waals surface area contributed by atoms with Gasteiger partial charge < -0.3 is 10.2 Å². The number of benzene rings is 2. The maximum Gasteiger partial charge on any atom is 0.349 e. The van der Waals surface area contributed by atoms with Crippen molar-refractivity contribution in [3.8, 4) is 0 Å². The number of fused-ring (bicyclic) bond motifs is 1. The monoisotopic (exact) mass is 485 g/mol. The lowest BCUT2D eigenvalue weighted by Gasteiger charge is -2.29. The largest absolute Gasteiger partial charge is 0.352 e. The molecule has 174 valence electrons. The number of amides is 4. The maximum atomic E-state index is 14.7. The average Bonchev–Trinajstić information content (AvgIpc) is 3.10. The first kappa shape index (κ1) is 23.9. The number of nitrogens with zero attached hydrogens (tertiary/aromatic N) is 1. The van der Waals surface area contributed by atoms with Gasteiger partial charge in [-0.15, -0.1) is 0 Å². The minimum absolute atomic E-state index is 0.145. The molecule has 2 aromatic rings. The molecule has 2 N–H and O–H groups in total. The first-order chi connectivity index (χ1) is 16.0. The van der Waals surface area contributed by atoms with Gasteiger partial charge in [-0.1, -0.05) is 41.3 Å². The fourth-order valence-corrected chi connectivity index (χ4v) is 4.49. The molecule has 2 aliphatic heterocycles. The molecule has 0 aromatic heterocycles. The van der Waals surface area contributed by atoms with E-state index in [1.807, 2.05) is 0 Å². The van der Waals surface area contributed by atoms with Gasteiger partial charge in [0.05, 0.1) is 0 Å². The third-order valence-corrected chi connectivity index (χ3v) is 6.43. The highest BCUT2D eigenvalue weighted by atomic mass is 35.5. The van der Waals surface area contributed by atoms with Crippen LogP contribution in [0.5, 0.6) is 0 Å². The van der Waals surface area contributed by atoms with Crippen LogP contribution in [0.15, 0.2) is 36.4 Å². The predicted octanol–water partition coefficient (Wildman–Crippen LogP) is -0.101. The summed E-state index contributed by atoms with van der Waals surface area (Å²) in [6.07, 6.45) is 0.383. The van der Waals surface area contributed by atoms with E-state index in [-0.39, 0.29) is 36.2 Å². The van der Waals surface area contributed by atoms with Crippen molar-refractivity contribution in [1.82, 2.24) is 15.5 Å². The van der Waals surface area contributed by atoms with Crippen LogP contribution in [0.2, 0.25) is 5.02 Å². The Morgan fingerprint density at radius 2 is 1.88 bits per heavy atom. The number of alkyl halides is 2. The number of halogens is 3. The molecular formula is C22H20B2ClF2N3O4. The molecule has 2 atom stereocenters. The van der Waals surface area contributed by atoms with E-state index in [0.717, 1.165) is 12.1 Å². The van der Waals surface area contributed by atoms with Gasteiger partial charge in [0.2, 0.25) is 11.8 Å². The second-order valence-electron chi connectivity index (χ2n) is 8.55. The van der Waals surface area contributed by atoms with Crippen LogP contribution in [0.1, 0.15) is 45.8 Å². The molecule has 4 amide bonds. The highest BCUT2D eigenvalue weighted by molar-refractivity contribution is 6.37. The Hall–Kier alpha value is -3.20. The predicted molar refractivity (Wildman–Crippen MR) is 125 cm³/mol. The lowest BCUT2D eigenvalue weighted by atomic mass is 9.81. The van der Waals surface area contributed by atoms with Crippen molar-refractivity contribution in [2.24, 2.45) is 0 Å². The van der Waals surface area contributed by atoms with E-state index in [4.69, 9.17) is 11.6 Å². The zero-order chi connectivity index (χ0) is 24.8. The van der Waals surface area contributed by atoms with Crippen molar-refractivity contribution < 1.29 is 28.0 Å². The van der Waals surface area contributed by atoms with Gasteiger partial charge in [0.25, 0.3) is 11.8 Å². The van der Waals surface area contributed by atoms with E-state index < -0.39 is 35.3 Å². The molecule has 0 radical (unpaired) electrons. The molecule has 2 aromatic carbocycles. The van der Waals surface area contributed by atoms with Gasteiger partial charge in [-0.2, -0.15) is 8.78 Å². The van der Waals surface area contributed by atoms with Crippen molar-refractivity contribution >= 4 is 56.4 Å². The van der Waals surface area contributed by atoms with Crippen LogP contribution in [0.4, 0.5) is 8.78 Å². The first-order valence-electron chi connectivity index (χ1n) is 10.7. The summed E-state index contributed by atoms with van der Waals surface area (Å²) in [5.41, 5.74) is 1.76. The number of nitrogens with one attached hydrogen (secondary N) is 2. The molecule has 1 saturated heterocycles. The number of imide groups is 1. The molecule has 0 spiro atoms. The zero-order valence-corrected chi connectivity index (χ0v) is 19.2. The molecule has 2 heterocycles. The summed E-state index contributed by atoms with van der Waals surface area (Å²) >= 11 is 5.74. The van der Waals surface area contributed by atoms with Gasteiger partial charge in [-0.25, -0.2) is 0 Å². The summed E-state index contributed by atoms with van der Waals surface area (Å²) < 4.78 is 29.3. The van der Waals surface area contributed by atoms with Crippen molar-refractivity contribution in [1.29, 1.82) is 0 Å². The highest BCUT2D eigenvalue weighted by Gasteiger charge is 2.42. The topological polar surface area (TPSA) is 95.6 Å². The van der Waals surface area contributed by atoms with Crippen LogP contribution in [-0.2, 0) is 26.9 Å². The number of rotatable bonds is 5. The van der Waals surface area contributed by atoms with E-state index >= 15 is 0 Å². The molecule has 0 saturated carbocycles. The van der Waals surface area contributed by atoms with Crippen molar-refractivity contribution in [3.05, 3.63) is 63.7 Å². The minimum atomic E-state index is -3.76. The summed E-state index contributed by atoms with van der Waals surface area (Å²) in [7, 11) is 3.29. The quantitative estimate of drug-likeness (QED) is 0.457. The van der Waals surface area contributed by atoms with Gasteiger partial charge in [0.15, 0.2) is 0 Å². The Balaban J connectivity index is 1.53. The summed E-state index contributed by atoms with van der Waals surface area (Å²) in [6.45, 7) is 0.150. The molecule has 1 fully saturated rings. The molecule has 12 heteroatoms. The number of carbonyl (C=O) groups excluding carboxylic acids is 4.